The summed E-state index contributed by atoms with van der Waals surface area (Å²) in [5.41, 5.74) is 6.02. The van der Waals surface area contributed by atoms with Crippen molar-refractivity contribution in [3.63, 3.8) is 0 Å². The first-order valence-electron chi connectivity index (χ1n) is 9.56. The second kappa shape index (κ2) is 9.03. The van der Waals surface area contributed by atoms with Crippen molar-refractivity contribution in [1.82, 2.24) is 0 Å². The molecule has 0 N–H and O–H groups in total. The third-order valence-electron chi connectivity index (χ3n) is 5.65. The van der Waals surface area contributed by atoms with Gasteiger partial charge in [0, 0.05) is 5.33 Å². The molecule has 0 heterocycles. The van der Waals surface area contributed by atoms with Crippen LogP contribution >= 0.6 is 15.9 Å². The van der Waals surface area contributed by atoms with Crippen molar-refractivity contribution in [1.29, 1.82) is 0 Å². The zero-order chi connectivity index (χ0) is 18.4. The second-order valence-corrected chi connectivity index (χ2v) is 8.90. The van der Waals surface area contributed by atoms with Crippen molar-refractivity contribution in [2.45, 2.75) is 71.0 Å². The number of halogens is 1. The first kappa shape index (κ1) is 20.2. The van der Waals surface area contributed by atoms with Crippen molar-refractivity contribution in [3.8, 4) is 0 Å². The molecule has 0 amide bonds. The molecule has 2 aromatic rings. The summed E-state index contributed by atoms with van der Waals surface area (Å²) in [6.45, 7) is 11.7. The van der Waals surface area contributed by atoms with Crippen LogP contribution in [0.3, 0.4) is 0 Å². The SMILES string of the molecule is CCC(C)(C)CC(CC(C)c1ccc(C)cc1)c1ccc(CBr)cc1. The Kier molecular flexibility index (Phi) is 7.31. The molecular formula is C24H33Br. The van der Waals surface area contributed by atoms with Crippen LogP contribution in [-0.2, 0) is 5.33 Å². The van der Waals surface area contributed by atoms with Gasteiger partial charge >= 0.3 is 0 Å². The summed E-state index contributed by atoms with van der Waals surface area (Å²) in [5.74, 6) is 1.18. The van der Waals surface area contributed by atoms with Gasteiger partial charge in [0.15, 0.2) is 0 Å². The molecule has 0 saturated carbocycles. The van der Waals surface area contributed by atoms with E-state index in [0.29, 0.717) is 17.3 Å². The molecule has 0 fully saturated rings. The Bertz CT molecular complexity index is 637. The lowest BCUT2D eigenvalue weighted by molar-refractivity contribution is 0.281. The van der Waals surface area contributed by atoms with E-state index in [-0.39, 0.29) is 0 Å². The Hall–Kier alpha value is -1.08. The van der Waals surface area contributed by atoms with Crippen LogP contribution in [0.15, 0.2) is 48.5 Å². The van der Waals surface area contributed by atoms with E-state index in [2.05, 4.69) is 99.1 Å². The van der Waals surface area contributed by atoms with E-state index >= 15 is 0 Å². The zero-order valence-electron chi connectivity index (χ0n) is 16.5. The molecule has 2 unspecified atom stereocenters. The van der Waals surface area contributed by atoms with Gasteiger partial charge in [-0.2, -0.15) is 0 Å². The minimum Gasteiger partial charge on any atom is -0.0876 e. The van der Waals surface area contributed by atoms with Gasteiger partial charge in [-0.25, -0.2) is 0 Å². The molecule has 0 aliphatic heterocycles. The lowest BCUT2D eigenvalue weighted by Gasteiger charge is -2.31. The lowest BCUT2D eigenvalue weighted by Crippen LogP contribution is -2.16. The lowest BCUT2D eigenvalue weighted by atomic mass is 9.74. The Morgan fingerprint density at radius 3 is 2.00 bits per heavy atom. The Morgan fingerprint density at radius 2 is 1.48 bits per heavy atom. The highest BCUT2D eigenvalue weighted by Crippen LogP contribution is 2.40. The minimum atomic E-state index is 0.381. The second-order valence-electron chi connectivity index (χ2n) is 8.34. The van der Waals surface area contributed by atoms with Gasteiger partial charge in [0.1, 0.15) is 0 Å². The molecule has 2 aromatic carbocycles. The van der Waals surface area contributed by atoms with E-state index < -0.39 is 0 Å². The minimum absolute atomic E-state index is 0.381. The number of aryl methyl sites for hydroxylation is 1. The highest BCUT2D eigenvalue weighted by Gasteiger charge is 2.25. The van der Waals surface area contributed by atoms with Crippen LogP contribution in [0.1, 0.15) is 81.0 Å². The summed E-state index contributed by atoms with van der Waals surface area (Å²) >= 11 is 3.56. The van der Waals surface area contributed by atoms with Gasteiger partial charge in [0.2, 0.25) is 0 Å². The summed E-state index contributed by atoms with van der Waals surface area (Å²) < 4.78 is 0. The molecule has 0 aliphatic rings. The van der Waals surface area contributed by atoms with Crippen LogP contribution in [-0.4, -0.2) is 0 Å². The number of hydrogen-bond acceptors (Lipinski definition) is 0. The normalized spacial score (nSPS) is 14.3. The van der Waals surface area contributed by atoms with E-state index in [1.165, 1.54) is 41.5 Å². The molecule has 0 nitrogen and oxygen atoms in total. The van der Waals surface area contributed by atoms with Gasteiger partial charge in [-0.1, -0.05) is 104 Å². The molecular weight excluding hydrogens is 368 g/mol. The largest absolute Gasteiger partial charge is 0.0876 e. The van der Waals surface area contributed by atoms with Crippen molar-refractivity contribution in [3.05, 3.63) is 70.8 Å². The van der Waals surface area contributed by atoms with E-state index in [4.69, 9.17) is 0 Å². The van der Waals surface area contributed by atoms with Gasteiger partial charge in [0.25, 0.3) is 0 Å². The number of benzene rings is 2. The van der Waals surface area contributed by atoms with Gasteiger partial charge in [0.05, 0.1) is 0 Å². The smallest absolute Gasteiger partial charge is 0.0283 e. The van der Waals surface area contributed by atoms with Crippen LogP contribution in [0, 0.1) is 12.3 Å². The van der Waals surface area contributed by atoms with Crippen LogP contribution < -0.4 is 0 Å². The topological polar surface area (TPSA) is 0 Å². The molecule has 25 heavy (non-hydrogen) atoms. The molecule has 0 aliphatic carbocycles. The molecule has 2 rings (SSSR count). The van der Waals surface area contributed by atoms with Gasteiger partial charge in [-0.05, 0) is 53.7 Å². The predicted molar refractivity (Wildman–Crippen MR) is 115 cm³/mol. The summed E-state index contributed by atoms with van der Waals surface area (Å²) in [4.78, 5) is 0. The van der Waals surface area contributed by atoms with Crippen molar-refractivity contribution in [2.24, 2.45) is 5.41 Å². The van der Waals surface area contributed by atoms with Gasteiger partial charge < -0.3 is 0 Å². The predicted octanol–water partition coefficient (Wildman–Crippen LogP) is 7.99. The van der Waals surface area contributed by atoms with E-state index in [1.54, 1.807) is 0 Å². The third kappa shape index (κ3) is 5.99. The van der Waals surface area contributed by atoms with Crippen LogP contribution in [0.2, 0.25) is 0 Å². The molecule has 0 saturated heterocycles. The third-order valence-corrected chi connectivity index (χ3v) is 6.29. The molecule has 1 heteroatoms. The fourth-order valence-corrected chi connectivity index (χ4v) is 3.86. The summed E-state index contributed by atoms with van der Waals surface area (Å²) in [6, 6.07) is 18.3. The average molecular weight is 401 g/mol. The van der Waals surface area contributed by atoms with E-state index in [9.17, 15) is 0 Å². The maximum absolute atomic E-state index is 3.56. The number of hydrogen-bond donors (Lipinski definition) is 0. The molecule has 0 spiro atoms. The van der Waals surface area contributed by atoms with Gasteiger partial charge in [-0.15, -0.1) is 0 Å². The first-order chi connectivity index (χ1) is 11.8. The molecule has 2 atom stereocenters. The summed E-state index contributed by atoms with van der Waals surface area (Å²) in [5, 5.41) is 0.929. The Labute approximate surface area is 163 Å². The Morgan fingerprint density at radius 1 is 0.920 bits per heavy atom. The summed E-state index contributed by atoms with van der Waals surface area (Å²) in [6.07, 6.45) is 3.68. The van der Waals surface area contributed by atoms with Crippen molar-refractivity contribution < 1.29 is 0 Å². The highest BCUT2D eigenvalue weighted by atomic mass is 79.9. The zero-order valence-corrected chi connectivity index (χ0v) is 18.1. The maximum Gasteiger partial charge on any atom is 0.0283 e. The van der Waals surface area contributed by atoms with Crippen LogP contribution in [0.4, 0.5) is 0 Å². The van der Waals surface area contributed by atoms with Gasteiger partial charge in [-0.3, -0.25) is 0 Å². The van der Waals surface area contributed by atoms with E-state index in [0.717, 1.165) is 5.33 Å². The quantitative estimate of drug-likeness (QED) is 0.393. The highest BCUT2D eigenvalue weighted by molar-refractivity contribution is 9.08. The number of alkyl halides is 1. The first-order valence-corrected chi connectivity index (χ1v) is 10.7. The van der Waals surface area contributed by atoms with Crippen LogP contribution in [0.5, 0.6) is 0 Å². The average Bonchev–Trinajstić information content (AvgIpc) is 2.61. The molecule has 0 radical (unpaired) electrons. The van der Waals surface area contributed by atoms with Crippen molar-refractivity contribution >= 4 is 15.9 Å². The molecule has 136 valence electrons. The fraction of sp³-hybridized carbons (Fsp3) is 0.500. The standard InChI is InChI=1S/C24H33Br/c1-6-24(4,5)16-23(22-13-9-20(17-25)10-14-22)15-19(3)21-11-7-18(2)8-12-21/h7-14,19,23H,6,15-17H2,1-5H3. The fourth-order valence-electron chi connectivity index (χ4n) is 3.49. The monoisotopic (exact) mass is 400 g/mol. The Balaban J connectivity index is 2.22. The van der Waals surface area contributed by atoms with Crippen LogP contribution in [0.25, 0.3) is 0 Å². The summed E-state index contributed by atoms with van der Waals surface area (Å²) in [7, 11) is 0. The van der Waals surface area contributed by atoms with E-state index in [1.807, 2.05) is 0 Å². The molecule has 0 bridgehead atoms. The maximum atomic E-state index is 3.56. The number of rotatable bonds is 8. The molecule has 0 aromatic heterocycles. The van der Waals surface area contributed by atoms with Crippen molar-refractivity contribution in [2.75, 3.05) is 0 Å².